The van der Waals surface area contributed by atoms with Crippen LogP contribution in [-0.4, -0.2) is 43.7 Å². The number of amides is 1. The van der Waals surface area contributed by atoms with Crippen LogP contribution < -0.4 is 11.1 Å². The normalized spacial score (nSPS) is 20.2. The molecule has 0 bridgehead atoms. The predicted octanol–water partition coefficient (Wildman–Crippen LogP) is 0.355. The summed E-state index contributed by atoms with van der Waals surface area (Å²) in [5.41, 5.74) is 6.45. The second kappa shape index (κ2) is 5.99. The van der Waals surface area contributed by atoms with Crippen LogP contribution in [0.15, 0.2) is 18.2 Å². The highest BCUT2D eigenvalue weighted by atomic mass is 19.1. The average molecular weight is 267 g/mol. The topological polar surface area (TPSA) is 67.6 Å². The van der Waals surface area contributed by atoms with Crippen molar-refractivity contribution in [3.63, 3.8) is 0 Å². The fourth-order valence-electron chi connectivity index (χ4n) is 2.15. The SMILES string of the molecule is CNC(=O)C1COCCN1Cc1ccc(N)cc1F. The van der Waals surface area contributed by atoms with E-state index in [1.165, 1.54) is 6.07 Å². The molecule has 1 fully saturated rings. The van der Waals surface area contributed by atoms with Crippen molar-refractivity contribution < 1.29 is 13.9 Å². The number of nitrogens with zero attached hydrogens (tertiary/aromatic N) is 1. The largest absolute Gasteiger partial charge is 0.399 e. The molecule has 1 saturated heterocycles. The first-order chi connectivity index (χ1) is 9.11. The van der Waals surface area contributed by atoms with Crippen molar-refractivity contribution in [1.29, 1.82) is 0 Å². The Morgan fingerprint density at radius 1 is 1.63 bits per heavy atom. The van der Waals surface area contributed by atoms with E-state index in [1.54, 1.807) is 19.2 Å². The van der Waals surface area contributed by atoms with Gasteiger partial charge in [0.1, 0.15) is 11.9 Å². The molecule has 1 aromatic carbocycles. The number of benzene rings is 1. The molecule has 1 unspecified atom stereocenters. The summed E-state index contributed by atoms with van der Waals surface area (Å²) in [4.78, 5) is 13.7. The molecule has 2 rings (SSSR count). The van der Waals surface area contributed by atoms with Crippen LogP contribution in [0.5, 0.6) is 0 Å². The van der Waals surface area contributed by atoms with Gasteiger partial charge < -0.3 is 15.8 Å². The van der Waals surface area contributed by atoms with Gasteiger partial charge in [-0.3, -0.25) is 9.69 Å². The molecule has 0 aliphatic carbocycles. The summed E-state index contributed by atoms with van der Waals surface area (Å²) in [6.45, 7) is 1.84. The lowest BCUT2D eigenvalue weighted by molar-refractivity contribution is -0.132. The van der Waals surface area contributed by atoms with Crippen molar-refractivity contribution >= 4 is 11.6 Å². The van der Waals surface area contributed by atoms with E-state index in [9.17, 15) is 9.18 Å². The molecule has 19 heavy (non-hydrogen) atoms. The van der Waals surface area contributed by atoms with Gasteiger partial charge in [-0.25, -0.2) is 4.39 Å². The zero-order chi connectivity index (χ0) is 13.8. The second-order valence-electron chi connectivity index (χ2n) is 4.53. The number of nitrogen functional groups attached to an aromatic ring is 1. The van der Waals surface area contributed by atoms with Crippen molar-refractivity contribution in [2.24, 2.45) is 0 Å². The molecule has 0 saturated carbocycles. The maximum Gasteiger partial charge on any atom is 0.239 e. The number of ether oxygens (including phenoxy) is 1. The van der Waals surface area contributed by atoms with Gasteiger partial charge in [-0.05, 0) is 12.1 Å². The molecule has 0 aromatic heterocycles. The number of morpholine rings is 1. The highest BCUT2D eigenvalue weighted by Crippen LogP contribution is 2.17. The van der Waals surface area contributed by atoms with Gasteiger partial charge in [0, 0.05) is 31.4 Å². The van der Waals surface area contributed by atoms with Gasteiger partial charge in [0.25, 0.3) is 0 Å². The first kappa shape index (κ1) is 13.8. The van der Waals surface area contributed by atoms with E-state index in [-0.39, 0.29) is 17.8 Å². The number of likely N-dealkylation sites (N-methyl/N-ethyl adjacent to an activating group) is 1. The van der Waals surface area contributed by atoms with E-state index in [4.69, 9.17) is 10.5 Å². The fourth-order valence-corrected chi connectivity index (χ4v) is 2.15. The third-order valence-electron chi connectivity index (χ3n) is 3.24. The molecule has 0 radical (unpaired) electrons. The maximum absolute atomic E-state index is 13.8. The lowest BCUT2D eigenvalue weighted by atomic mass is 10.1. The zero-order valence-electron chi connectivity index (χ0n) is 10.9. The number of anilines is 1. The average Bonchev–Trinajstić information content (AvgIpc) is 2.41. The molecule has 6 heteroatoms. The summed E-state index contributed by atoms with van der Waals surface area (Å²) in [6, 6.07) is 4.23. The minimum Gasteiger partial charge on any atom is -0.399 e. The predicted molar refractivity (Wildman–Crippen MR) is 69.9 cm³/mol. The Labute approximate surface area is 111 Å². The Hall–Kier alpha value is -1.66. The molecule has 3 N–H and O–H groups in total. The maximum atomic E-state index is 13.8. The number of hydrogen-bond acceptors (Lipinski definition) is 4. The number of carbonyl (C=O) groups is 1. The molecule has 1 aromatic rings. The highest BCUT2D eigenvalue weighted by molar-refractivity contribution is 5.81. The number of carbonyl (C=O) groups excluding carboxylic acids is 1. The van der Waals surface area contributed by atoms with Crippen molar-refractivity contribution in [2.45, 2.75) is 12.6 Å². The highest BCUT2D eigenvalue weighted by Gasteiger charge is 2.29. The Balaban J connectivity index is 2.13. The van der Waals surface area contributed by atoms with Crippen molar-refractivity contribution in [3.8, 4) is 0 Å². The Bertz CT molecular complexity index is 467. The standard InChI is InChI=1S/C13H18FN3O2/c1-16-13(18)12-8-19-5-4-17(12)7-9-2-3-10(15)6-11(9)14/h2-3,6,12H,4-5,7-8,15H2,1H3,(H,16,18). The van der Waals surface area contributed by atoms with Crippen LogP contribution in [0, 0.1) is 5.82 Å². The van der Waals surface area contributed by atoms with E-state index in [0.717, 1.165) is 0 Å². The molecule has 1 amide bonds. The summed E-state index contributed by atoms with van der Waals surface area (Å²) >= 11 is 0. The third kappa shape index (κ3) is 3.21. The molecule has 5 nitrogen and oxygen atoms in total. The molecular weight excluding hydrogens is 249 g/mol. The Kier molecular flexibility index (Phi) is 4.34. The molecule has 1 heterocycles. The van der Waals surface area contributed by atoms with Crippen LogP contribution in [0.3, 0.4) is 0 Å². The van der Waals surface area contributed by atoms with Crippen LogP contribution in [0.1, 0.15) is 5.56 Å². The molecule has 1 aliphatic rings. The quantitative estimate of drug-likeness (QED) is 0.776. The van der Waals surface area contributed by atoms with Crippen molar-refractivity contribution in [3.05, 3.63) is 29.6 Å². The van der Waals surface area contributed by atoms with E-state index in [0.29, 0.717) is 37.6 Å². The lowest BCUT2D eigenvalue weighted by Crippen LogP contribution is -2.52. The second-order valence-corrected chi connectivity index (χ2v) is 4.53. The van der Waals surface area contributed by atoms with Crippen molar-refractivity contribution in [1.82, 2.24) is 10.2 Å². The van der Waals surface area contributed by atoms with Crippen LogP contribution in [0.4, 0.5) is 10.1 Å². The van der Waals surface area contributed by atoms with Gasteiger partial charge in [0.05, 0.1) is 13.2 Å². The van der Waals surface area contributed by atoms with Gasteiger partial charge >= 0.3 is 0 Å². The first-order valence-electron chi connectivity index (χ1n) is 6.19. The zero-order valence-corrected chi connectivity index (χ0v) is 10.9. The van der Waals surface area contributed by atoms with Crippen LogP contribution >= 0.6 is 0 Å². The molecule has 0 spiro atoms. The minimum atomic E-state index is -0.379. The minimum absolute atomic E-state index is 0.115. The Morgan fingerprint density at radius 2 is 2.42 bits per heavy atom. The van der Waals surface area contributed by atoms with Gasteiger partial charge in [-0.15, -0.1) is 0 Å². The van der Waals surface area contributed by atoms with E-state index in [1.807, 2.05) is 4.90 Å². The van der Waals surface area contributed by atoms with Gasteiger partial charge in [0.15, 0.2) is 0 Å². The van der Waals surface area contributed by atoms with Crippen LogP contribution in [-0.2, 0) is 16.1 Å². The van der Waals surface area contributed by atoms with Crippen LogP contribution in [0.25, 0.3) is 0 Å². The van der Waals surface area contributed by atoms with E-state index >= 15 is 0 Å². The summed E-state index contributed by atoms with van der Waals surface area (Å²) in [7, 11) is 1.58. The molecular formula is C13H18FN3O2. The summed E-state index contributed by atoms with van der Waals surface area (Å²) in [6.07, 6.45) is 0. The third-order valence-corrected chi connectivity index (χ3v) is 3.24. The summed E-state index contributed by atoms with van der Waals surface area (Å²) in [5.74, 6) is -0.460. The summed E-state index contributed by atoms with van der Waals surface area (Å²) in [5, 5.41) is 2.60. The van der Waals surface area contributed by atoms with Gasteiger partial charge in [-0.1, -0.05) is 6.07 Å². The number of nitrogens with two attached hydrogens (primary N) is 1. The van der Waals surface area contributed by atoms with Crippen molar-refractivity contribution in [2.75, 3.05) is 32.5 Å². The van der Waals surface area contributed by atoms with E-state index in [2.05, 4.69) is 5.32 Å². The number of hydrogen-bond donors (Lipinski definition) is 2. The monoisotopic (exact) mass is 267 g/mol. The smallest absolute Gasteiger partial charge is 0.239 e. The number of rotatable bonds is 3. The molecule has 104 valence electrons. The number of nitrogens with one attached hydrogen (secondary N) is 1. The summed E-state index contributed by atoms with van der Waals surface area (Å²) < 4.78 is 19.1. The Morgan fingerprint density at radius 3 is 3.11 bits per heavy atom. The fraction of sp³-hybridized carbons (Fsp3) is 0.462. The van der Waals surface area contributed by atoms with Gasteiger partial charge in [-0.2, -0.15) is 0 Å². The molecule has 1 aliphatic heterocycles. The van der Waals surface area contributed by atoms with Gasteiger partial charge in [0.2, 0.25) is 5.91 Å². The lowest BCUT2D eigenvalue weighted by Gasteiger charge is -2.34. The number of halogens is 1. The van der Waals surface area contributed by atoms with E-state index < -0.39 is 0 Å². The van der Waals surface area contributed by atoms with Crippen LogP contribution in [0.2, 0.25) is 0 Å². The molecule has 1 atom stereocenters. The first-order valence-corrected chi connectivity index (χ1v) is 6.19.